The number of allylic oxidation sites excluding steroid dienone is 1. The summed E-state index contributed by atoms with van der Waals surface area (Å²) in [5.41, 5.74) is -0.429. The van der Waals surface area contributed by atoms with Gasteiger partial charge < -0.3 is 15.3 Å². The molecular formula is C20H30O4. The molecule has 0 aromatic rings. The molecule has 0 aliphatic heterocycles. The van der Waals surface area contributed by atoms with Gasteiger partial charge in [0.15, 0.2) is 5.78 Å². The number of rotatable bonds is 0. The molecule has 3 N–H and O–H groups in total. The number of ketones is 1. The molecule has 0 heterocycles. The van der Waals surface area contributed by atoms with Crippen molar-refractivity contribution in [3.8, 4) is 0 Å². The topological polar surface area (TPSA) is 77.8 Å². The molecule has 24 heavy (non-hydrogen) atoms. The van der Waals surface area contributed by atoms with Crippen molar-refractivity contribution < 1.29 is 20.1 Å². The van der Waals surface area contributed by atoms with Gasteiger partial charge in [0.05, 0.1) is 18.1 Å². The number of aliphatic hydroxyl groups is 3. The van der Waals surface area contributed by atoms with Gasteiger partial charge in [-0.2, -0.15) is 0 Å². The van der Waals surface area contributed by atoms with Crippen LogP contribution in [0.3, 0.4) is 0 Å². The van der Waals surface area contributed by atoms with Gasteiger partial charge in [-0.05, 0) is 60.5 Å². The van der Waals surface area contributed by atoms with E-state index in [2.05, 4.69) is 20.4 Å². The van der Waals surface area contributed by atoms with Gasteiger partial charge in [-0.15, -0.1) is 0 Å². The van der Waals surface area contributed by atoms with Crippen LogP contribution < -0.4 is 0 Å². The highest BCUT2D eigenvalue weighted by atomic mass is 16.3. The number of carbonyl (C=O) groups excluding carboxylic acids is 1. The molecule has 3 rings (SSSR count). The Morgan fingerprint density at radius 3 is 2.54 bits per heavy atom. The zero-order valence-electron chi connectivity index (χ0n) is 15.1. The molecule has 2 saturated carbocycles. The first-order valence-electron chi connectivity index (χ1n) is 9.01. The normalized spacial score (nSPS) is 50.4. The molecule has 0 aromatic heterocycles. The van der Waals surface area contributed by atoms with Crippen LogP contribution in [-0.2, 0) is 4.79 Å². The standard InChI is InChI=1S/C20H30O4/c1-10-6-7-13-14(19(13,4)5)8-11(2)18(23)20(24)9-12(3)17(22)15(20)16(10)21/h8,12-17,21-22,24H,1,6-7,9H2,2-5H3/b11-8+/t12-,13-,14+,15-,16+,17-,20+/m0/s1. The predicted octanol–water partition coefficient (Wildman–Crippen LogP) is 2.23. The number of hydrogen-bond donors (Lipinski definition) is 3. The summed E-state index contributed by atoms with van der Waals surface area (Å²) in [6.07, 6.45) is 1.75. The first kappa shape index (κ1) is 17.8. The lowest BCUT2D eigenvalue weighted by atomic mass is 9.77. The van der Waals surface area contributed by atoms with E-state index in [-0.39, 0.29) is 23.5 Å². The Hall–Kier alpha value is -0.970. The van der Waals surface area contributed by atoms with Gasteiger partial charge in [0.2, 0.25) is 0 Å². The lowest BCUT2D eigenvalue weighted by Crippen LogP contribution is -2.50. The Balaban J connectivity index is 2.04. The fourth-order valence-electron chi connectivity index (χ4n) is 5.17. The monoisotopic (exact) mass is 334 g/mol. The van der Waals surface area contributed by atoms with E-state index in [0.29, 0.717) is 29.4 Å². The minimum Gasteiger partial charge on any atom is -0.392 e. The summed E-state index contributed by atoms with van der Waals surface area (Å²) >= 11 is 0. The van der Waals surface area contributed by atoms with Crippen LogP contribution in [0.5, 0.6) is 0 Å². The van der Waals surface area contributed by atoms with E-state index in [1.807, 2.05) is 13.0 Å². The Morgan fingerprint density at radius 2 is 1.92 bits per heavy atom. The molecule has 0 radical (unpaired) electrons. The number of carbonyl (C=O) groups is 1. The quantitative estimate of drug-likeness (QED) is 0.594. The number of fused-ring (bicyclic) bond motifs is 2. The third-order valence-corrected chi connectivity index (χ3v) is 6.99. The highest BCUT2D eigenvalue weighted by Gasteiger charge is 2.60. The molecule has 7 atom stereocenters. The Kier molecular flexibility index (Phi) is 4.10. The van der Waals surface area contributed by atoms with Crippen molar-refractivity contribution in [2.24, 2.45) is 29.1 Å². The van der Waals surface area contributed by atoms with Crippen molar-refractivity contribution >= 4 is 5.78 Å². The van der Waals surface area contributed by atoms with Gasteiger partial charge >= 0.3 is 0 Å². The van der Waals surface area contributed by atoms with Gasteiger partial charge in [-0.3, -0.25) is 4.79 Å². The van der Waals surface area contributed by atoms with Crippen molar-refractivity contribution in [1.29, 1.82) is 0 Å². The molecule has 134 valence electrons. The van der Waals surface area contributed by atoms with E-state index in [1.165, 1.54) is 0 Å². The zero-order valence-corrected chi connectivity index (χ0v) is 15.1. The molecule has 3 aliphatic rings. The maximum Gasteiger partial charge on any atom is 0.190 e. The minimum absolute atomic E-state index is 0.135. The molecule has 0 bridgehead atoms. The van der Waals surface area contributed by atoms with Crippen molar-refractivity contribution in [3.05, 3.63) is 23.8 Å². The van der Waals surface area contributed by atoms with Crippen molar-refractivity contribution in [2.45, 2.75) is 64.8 Å². The number of Topliss-reactive ketones (excluding diaryl/α,β-unsaturated/α-hetero) is 1. The van der Waals surface area contributed by atoms with Crippen molar-refractivity contribution in [3.63, 3.8) is 0 Å². The lowest BCUT2D eigenvalue weighted by molar-refractivity contribution is -0.144. The zero-order chi connectivity index (χ0) is 18.0. The number of aliphatic hydroxyl groups excluding tert-OH is 2. The number of hydrogen-bond acceptors (Lipinski definition) is 4. The smallest absolute Gasteiger partial charge is 0.190 e. The van der Waals surface area contributed by atoms with Gasteiger partial charge in [-0.1, -0.05) is 33.4 Å². The van der Waals surface area contributed by atoms with Crippen molar-refractivity contribution in [2.75, 3.05) is 0 Å². The van der Waals surface area contributed by atoms with E-state index in [9.17, 15) is 20.1 Å². The van der Waals surface area contributed by atoms with E-state index < -0.39 is 23.7 Å². The third-order valence-electron chi connectivity index (χ3n) is 6.99. The van der Waals surface area contributed by atoms with Crippen LogP contribution in [0.15, 0.2) is 23.8 Å². The highest BCUT2D eigenvalue weighted by molar-refractivity contribution is 6.02. The van der Waals surface area contributed by atoms with E-state index in [1.54, 1.807) is 6.92 Å². The third kappa shape index (κ3) is 2.42. The summed E-state index contributed by atoms with van der Waals surface area (Å²) in [6, 6.07) is 0. The van der Waals surface area contributed by atoms with Crippen LogP contribution in [-0.4, -0.2) is 38.9 Å². The minimum atomic E-state index is -1.72. The van der Waals surface area contributed by atoms with E-state index in [4.69, 9.17) is 0 Å². The fourth-order valence-corrected chi connectivity index (χ4v) is 5.17. The maximum atomic E-state index is 13.0. The summed E-state index contributed by atoms with van der Waals surface area (Å²) in [5.74, 6) is -0.729. The van der Waals surface area contributed by atoms with Crippen molar-refractivity contribution in [1.82, 2.24) is 0 Å². The average Bonchev–Trinajstić information content (AvgIpc) is 2.91. The summed E-state index contributed by atoms with van der Waals surface area (Å²) in [7, 11) is 0. The van der Waals surface area contributed by atoms with Crippen LogP contribution in [0.1, 0.15) is 47.0 Å². The second-order valence-electron chi connectivity index (χ2n) is 8.90. The summed E-state index contributed by atoms with van der Waals surface area (Å²) < 4.78 is 0. The molecule has 3 aliphatic carbocycles. The van der Waals surface area contributed by atoms with Gasteiger partial charge in [0, 0.05) is 0 Å². The largest absolute Gasteiger partial charge is 0.392 e. The maximum absolute atomic E-state index is 13.0. The van der Waals surface area contributed by atoms with Crippen LogP contribution in [0.4, 0.5) is 0 Å². The molecule has 0 unspecified atom stereocenters. The summed E-state index contributed by atoms with van der Waals surface area (Å²) in [6.45, 7) is 11.9. The fraction of sp³-hybridized carbons (Fsp3) is 0.750. The lowest BCUT2D eigenvalue weighted by Gasteiger charge is -2.34. The van der Waals surface area contributed by atoms with Crippen LogP contribution in [0, 0.1) is 29.1 Å². The summed E-state index contributed by atoms with van der Waals surface area (Å²) in [5, 5.41) is 32.4. The highest BCUT2D eigenvalue weighted by Crippen LogP contribution is 2.62. The SMILES string of the molecule is C=C1CC[C@H]2[C@@H](/C=C(\C)C(=O)[C@@]3(O)C[C@H](C)[C@H](O)[C@@H]3[C@@H]1O)C2(C)C. The summed E-state index contributed by atoms with van der Waals surface area (Å²) in [4.78, 5) is 13.0. The molecule has 0 aromatic carbocycles. The molecule has 0 saturated heterocycles. The average molecular weight is 334 g/mol. The molecule has 4 heteroatoms. The molecular weight excluding hydrogens is 304 g/mol. The van der Waals surface area contributed by atoms with Crippen LogP contribution in [0.2, 0.25) is 0 Å². The van der Waals surface area contributed by atoms with Crippen LogP contribution >= 0.6 is 0 Å². The van der Waals surface area contributed by atoms with Gasteiger partial charge in [0.25, 0.3) is 0 Å². The first-order valence-corrected chi connectivity index (χ1v) is 9.01. The molecule has 2 fully saturated rings. The Bertz CT molecular complexity index is 605. The molecule has 4 nitrogen and oxygen atoms in total. The molecule has 0 amide bonds. The Labute approximate surface area is 144 Å². The van der Waals surface area contributed by atoms with Gasteiger partial charge in [-0.25, -0.2) is 0 Å². The Morgan fingerprint density at radius 1 is 1.29 bits per heavy atom. The molecule has 0 spiro atoms. The second-order valence-corrected chi connectivity index (χ2v) is 8.90. The van der Waals surface area contributed by atoms with Crippen LogP contribution in [0.25, 0.3) is 0 Å². The first-order chi connectivity index (χ1) is 11.0. The predicted molar refractivity (Wildman–Crippen MR) is 92.1 cm³/mol. The van der Waals surface area contributed by atoms with E-state index in [0.717, 1.165) is 6.42 Å². The second kappa shape index (κ2) is 5.52. The van der Waals surface area contributed by atoms with Gasteiger partial charge in [0.1, 0.15) is 5.60 Å². The van der Waals surface area contributed by atoms with E-state index >= 15 is 0 Å².